The largest absolute Gasteiger partial charge is 0.389 e. The molecule has 0 atom stereocenters. The predicted molar refractivity (Wildman–Crippen MR) is 56.9 cm³/mol. The van der Waals surface area contributed by atoms with Crippen molar-refractivity contribution in [1.29, 1.82) is 0 Å². The van der Waals surface area contributed by atoms with Gasteiger partial charge in [-0.05, 0) is 18.6 Å². The van der Waals surface area contributed by atoms with Crippen molar-refractivity contribution in [3.63, 3.8) is 0 Å². The van der Waals surface area contributed by atoms with Gasteiger partial charge in [0.15, 0.2) is 0 Å². The summed E-state index contributed by atoms with van der Waals surface area (Å²) < 4.78 is 35.4. The highest BCUT2D eigenvalue weighted by molar-refractivity contribution is 6.29. The first-order valence-electron chi connectivity index (χ1n) is 4.86. The van der Waals surface area contributed by atoms with Crippen LogP contribution >= 0.6 is 11.6 Å². The van der Waals surface area contributed by atoms with E-state index in [4.69, 9.17) is 11.6 Å². The molecule has 0 radical (unpaired) electrons. The van der Waals surface area contributed by atoms with Crippen molar-refractivity contribution in [2.24, 2.45) is 0 Å². The van der Waals surface area contributed by atoms with Gasteiger partial charge in [-0.1, -0.05) is 17.7 Å². The van der Waals surface area contributed by atoms with Gasteiger partial charge in [0.1, 0.15) is 10.8 Å². The number of nitrogens with one attached hydrogen (secondary N) is 1. The zero-order valence-electron chi connectivity index (χ0n) is 8.72. The van der Waals surface area contributed by atoms with E-state index < -0.39 is 18.5 Å². The number of nitrogens with zero attached hydrogens (tertiary/aromatic N) is 1. The number of hydrogen-bond donors (Lipinski definition) is 1. The van der Waals surface area contributed by atoms with Crippen LogP contribution in [0.1, 0.15) is 23.3 Å². The van der Waals surface area contributed by atoms with E-state index in [1.165, 1.54) is 12.1 Å². The molecule has 0 fully saturated rings. The van der Waals surface area contributed by atoms with Crippen molar-refractivity contribution < 1.29 is 18.0 Å². The van der Waals surface area contributed by atoms with Crippen LogP contribution in [0.15, 0.2) is 18.2 Å². The second-order valence-electron chi connectivity index (χ2n) is 3.32. The van der Waals surface area contributed by atoms with E-state index in [2.05, 4.69) is 10.3 Å². The molecule has 7 heteroatoms. The lowest BCUT2D eigenvalue weighted by atomic mass is 10.3. The first-order chi connectivity index (χ1) is 7.88. The Bertz CT molecular complexity index is 395. The van der Waals surface area contributed by atoms with Gasteiger partial charge in [-0.25, -0.2) is 4.98 Å². The molecular weight excluding hydrogens is 257 g/mol. The third-order valence-corrected chi connectivity index (χ3v) is 2.08. The number of pyridine rings is 1. The second-order valence-corrected chi connectivity index (χ2v) is 3.71. The molecule has 0 aromatic carbocycles. The molecule has 1 rings (SSSR count). The van der Waals surface area contributed by atoms with Gasteiger partial charge < -0.3 is 5.32 Å². The van der Waals surface area contributed by atoms with Crippen LogP contribution in [0.2, 0.25) is 5.15 Å². The number of carbonyl (C=O) groups excluding carboxylic acids is 1. The second kappa shape index (κ2) is 5.86. The molecule has 0 saturated carbocycles. The van der Waals surface area contributed by atoms with Gasteiger partial charge in [0.05, 0.1) is 0 Å². The van der Waals surface area contributed by atoms with Gasteiger partial charge in [-0.15, -0.1) is 0 Å². The summed E-state index contributed by atoms with van der Waals surface area (Å²) in [5.74, 6) is -0.533. The average Bonchev–Trinajstić information content (AvgIpc) is 2.23. The summed E-state index contributed by atoms with van der Waals surface area (Å²) in [6.45, 7) is -0.0491. The molecule has 94 valence electrons. The number of amides is 1. The number of carbonyl (C=O) groups is 1. The fraction of sp³-hybridized carbons (Fsp3) is 0.400. The fourth-order valence-electron chi connectivity index (χ4n) is 1.12. The maximum Gasteiger partial charge on any atom is 0.389 e. The van der Waals surface area contributed by atoms with Gasteiger partial charge in [0.2, 0.25) is 0 Å². The Morgan fingerprint density at radius 3 is 2.71 bits per heavy atom. The molecule has 1 amide bonds. The van der Waals surface area contributed by atoms with Crippen LogP contribution in [0, 0.1) is 0 Å². The molecule has 0 saturated heterocycles. The molecular formula is C10H10ClF3N2O. The minimum Gasteiger partial charge on any atom is -0.351 e. The SMILES string of the molecule is O=C(NCCCC(F)(F)F)c1cccc(Cl)n1. The van der Waals surface area contributed by atoms with Crippen LogP contribution in [0.25, 0.3) is 0 Å². The van der Waals surface area contributed by atoms with Gasteiger partial charge in [0, 0.05) is 13.0 Å². The topological polar surface area (TPSA) is 42.0 Å². The summed E-state index contributed by atoms with van der Waals surface area (Å²) in [7, 11) is 0. The molecule has 1 N–H and O–H groups in total. The van der Waals surface area contributed by atoms with E-state index in [0.717, 1.165) is 0 Å². The Balaban J connectivity index is 2.36. The molecule has 0 aliphatic heterocycles. The van der Waals surface area contributed by atoms with Crippen molar-refractivity contribution in [1.82, 2.24) is 10.3 Å². The first-order valence-corrected chi connectivity index (χ1v) is 5.24. The summed E-state index contributed by atoms with van der Waals surface area (Å²) in [5, 5.41) is 2.50. The molecule has 0 bridgehead atoms. The molecule has 1 aromatic rings. The van der Waals surface area contributed by atoms with Crippen LogP contribution in [-0.2, 0) is 0 Å². The highest BCUT2D eigenvalue weighted by Gasteiger charge is 2.26. The summed E-state index contributed by atoms with van der Waals surface area (Å²) in [6.07, 6.45) is -5.27. The number of rotatable bonds is 4. The minimum absolute atomic E-state index is 0.0491. The number of alkyl halides is 3. The van der Waals surface area contributed by atoms with E-state index in [1.807, 2.05) is 0 Å². The highest BCUT2D eigenvalue weighted by atomic mass is 35.5. The van der Waals surface area contributed by atoms with Gasteiger partial charge >= 0.3 is 6.18 Å². The van der Waals surface area contributed by atoms with Gasteiger partial charge in [0.25, 0.3) is 5.91 Å². The first kappa shape index (κ1) is 13.8. The summed E-state index contributed by atoms with van der Waals surface area (Å²) in [5.41, 5.74) is 0.0875. The molecule has 17 heavy (non-hydrogen) atoms. The molecule has 3 nitrogen and oxygen atoms in total. The lowest BCUT2D eigenvalue weighted by molar-refractivity contribution is -0.135. The maximum atomic E-state index is 11.8. The fourth-order valence-corrected chi connectivity index (χ4v) is 1.28. The Morgan fingerprint density at radius 1 is 1.41 bits per heavy atom. The quantitative estimate of drug-likeness (QED) is 0.673. The summed E-state index contributed by atoms with van der Waals surface area (Å²) in [4.78, 5) is 15.1. The van der Waals surface area contributed by atoms with E-state index in [0.29, 0.717) is 0 Å². The molecule has 0 aliphatic carbocycles. The van der Waals surface area contributed by atoms with E-state index in [1.54, 1.807) is 6.07 Å². The maximum absolute atomic E-state index is 11.8. The molecule has 0 spiro atoms. The zero-order valence-corrected chi connectivity index (χ0v) is 9.48. The van der Waals surface area contributed by atoms with Crippen LogP contribution in [-0.4, -0.2) is 23.6 Å². The number of halogens is 4. The smallest absolute Gasteiger partial charge is 0.351 e. The third-order valence-electron chi connectivity index (χ3n) is 1.87. The predicted octanol–water partition coefficient (Wildman–Crippen LogP) is 2.81. The molecule has 0 unspecified atom stereocenters. The normalized spacial score (nSPS) is 11.3. The molecule has 1 aromatic heterocycles. The van der Waals surface area contributed by atoms with Crippen LogP contribution in [0.5, 0.6) is 0 Å². The van der Waals surface area contributed by atoms with E-state index >= 15 is 0 Å². The Labute approximate surface area is 101 Å². The molecule has 0 aliphatic rings. The average molecular weight is 267 g/mol. The Morgan fingerprint density at radius 2 is 2.12 bits per heavy atom. The third kappa shape index (κ3) is 5.53. The van der Waals surface area contributed by atoms with Crippen molar-refractivity contribution in [2.45, 2.75) is 19.0 Å². The van der Waals surface area contributed by atoms with Crippen LogP contribution < -0.4 is 5.32 Å². The number of hydrogen-bond acceptors (Lipinski definition) is 2. The van der Waals surface area contributed by atoms with Gasteiger partial charge in [-0.3, -0.25) is 4.79 Å². The van der Waals surface area contributed by atoms with Crippen molar-refractivity contribution >= 4 is 17.5 Å². The Hall–Kier alpha value is -1.30. The Kier molecular flexibility index (Phi) is 4.74. The van der Waals surface area contributed by atoms with Crippen molar-refractivity contribution in [3.05, 3.63) is 29.0 Å². The van der Waals surface area contributed by atoms with Crippen molar-refractivity contribution in [2.75, 3.05) is 6.54 Å². The molecule has 1 heterocycles. The lowest BCUT2D eigenvalue weighted by Gasteiger charge is -2.07. The van der Waals surface area contributed by atoms with Gasteiger partial charge in [-0.2, -0.15) is 13.2 Å². The highest BCUT2D eigenvalue weighted by Crippen LogP contribution is 2.20. The minimum atomic E-state index is -4.20. The van der Waals surface area contributed by atoms with E-state index in [9.17, 15) is 18.0 Å². The standard InChI is InChI=1S/C10H10ClF3N2O/c11-8-4-1-3-7(16-8)9(17)15-6-2-5-10(12,13)14/h1,3-4H,2,5-6H2,(H,15,17). The zero-order chi connectivity index (χ0) is 12.9. The van der Waals surface area contributed by atoms with Crippen LogP contribution in [0.4, 0.5) is 13.2 Å². The van der Waals surface area contributed by atoms with Crippen molar-refractivity contribution in [3.8, 4) is 0 Å². The monoisotopic (exact) mass is 266 g/mol. The van der Waals surface area contributed by atoms with Crippen LogP contribution in [0.3, 0.4) is 0 Å². The summed E-state index contributed by atoms with van der Waals surface area (Å²) >= 11 is 5.57. The lowest BCUT2D eigenvalue weighted by Crippen LogP contribution is -2.26. The van der Waals surface area contributed by atoms with E-state index in [-0.39, 0.29) is 23.8 Å². The summed E-state index contributed by atoms with van der Waals surface area (Å²) in [6, 6.07) is 4.48. The number of aromatic nitrogens is 1.